The molecule has 0 bridgehead atoms. The Morgan fingerprint density at radius 2 is 1.68 bits per heavy atom. The van der Waals surface area contributed by atoms with Crippen LogP contribution >= 0.6 is 0 Å². The lowest BCUT2D eigenvalue weighted by Crippen LogP contribution is -2.39. The first kappa shape index (κ1) is 17.2. The van der Waals surface area contributed by atoms with E-state index in [1.165, 1.54) is 24.8 Å². The summed E-state index contributed by atoms with van der Waals surface area (Å²) in [6, 6.07) is 13.9. The van der Waals surface area contributed by atoms with E-state index in [0.717, 1.165) is 12.8 Å². The Morgan fingerprint density at radius 1 is 1.00 bits per heavy atom. The van der Waals surface area contributed by atoms with Crippen molar-refractivity contribution in [3.63, 3.8) is 0 Å². The monoisotopic (exact) mass is 339 g/mol. The van der Waals surface area contributed by atoms with Crippen molar-refractivity contribution < 1.29 is 4.79 Å². The van der Waals surface area contributed by atoms with Crippen molar-refractivity contribution in [1.82, 2.24) is 15.5 Å². The van der Waals surface area contributed by atoms with E-state index in [2.05, 4.69) is 45.2 Å². The summed E-state index contributed by atoms with van der Waals surface area (Å²) in [7, 11) is 0. The maximum absolute atomic E-state index is 12.0. The number of amides is 2. The third kappa shape index (κ3) is 5.17. The summed E-state index contributed by atoms with van der Waals surface area (Å²) >= 11 is 0. The van der Waals surface area contributed by atoms with Crippen LogP contribution in [-0.2, 0) is 0 Å². The van der Waals surface area contributed by atoms with E-state index in [1.54, 1.807) is 6.07 Å². The van der Waals surface area contributed by atoms with Gasteiger partial charge in [0.25, 0.3) is 0 Å². The second kappa shape index (κ2) is 8.46. The molecule has 6 nitrogen and oxygen atoms in total. The summed E-state index contributed by atoms with van der Waals surface area (Å²) < 4.78 is 0. The minimum absolute atomic E-state index is 0.129. The Hall–Kier alpha value is -2.63. The van der Waals surface area contributed by atoms with Gasteiger partial charge < -0.3 is 10.6 Å². The molecule has 25 heavy (non-hydrogen) atoms. The van der Waals surface area contributed by atoms with Crippen molar-refractivity contribution >= 4 is 17.7 Å². The number of rotatable bonds is 5. The fourth-order valence-corrected chi connectivity index (χ4v) is 3.11. The molecule has 1 fully saturated rings. The minimum Gasteiger partial charge on any atom is -0.362 e. The van der Waals surface area contributed by atoms with Gasteiger partial charge >= 0.3 is 6.03 Å². The standard InChI is InChI=1S/C19H25N5O/c1-14(15-8-4-2-5-9-15)20-17-12-13-18(24-23-17)22-19(25)21-16-10-6-3-7-11-16/h2,4-5,8-9,12-14,16H,3,6-7,10-11H2,1H3,(H,20,23)(H2,21,22,24,25). The molecule has 132 valence electrons. The van der Waals surface area contributed by atoms with Crippen LogP contribution in [0.25, 0.3) is 0 Å². The molecule has 1 aromatic carbocycles. The van der Waals surface area contributed by atoms with Crippen molar-refractivity contribution in [1.29, 1.82) is 0 Å². The summed E-state index contributed by atoms with van der Waals surface area (Å²) in [6.45, 7) is 2.07. The number of urea groups is 1. The highest BCUT2D eigenvalue weighted by molar-refractivity contribution is 5.88. The first-order chi connectivity index (χ1) is 12.2. The van der Waals surface area contributed by atoms with E-state index in [-0.39, 0.29) is 18.1 Å². The van der Waals surface area contributed by atoms with Crippen molar-refractivity contribution in [2.24, 2.45) is 0 Å². The summed E-state index contributed by atoms with van der Waals surface area (Å²) in [4.78, 5) is 12.0. The Bertz CT molecular complexity index is 668. The van der Waals surface area contributed by atoms with Crippen molar-refractivity contribution in [3.05, 3.63) is 48.0 Å². The fourth-order valence-electron chi connectivity index (χ4n) is 3.11. The molecule has 1 saturated carbocycles. The number of carbonyl (C=O) groups excluding carboxylic acids is 1. The largest absolute Gasteiger partial charge is 0.362 e. The third-order valence-electron chi connectivity index (χ3n) is 4.51. The molecule has 0 radical (unpaired) electrons. The van der Waals surface area contributed by atoms with Gasteiger partial charge in [-0.2, -0.15) is 0 Å². The molecule has 1 aliphatic rings. The summed E-state index contributed by atoms with van der Waals surface area (Å²) in [6.07, 6.45) is 5.75. The highest BCUT2D eigenvalue weighted by atomic mass is 16.2. The lowest BCUT2D eigenvalue weighted by atomic mass is 9.96. The van der Waals surface area contributed by atoms with Crippen LogP contribution in [-0.4, -0.2) is 22.3 Å². The fraction of sp³-hybridized carbons (Fsp3) is 0.421. The van der Waals surface area contributed by atoms with Crippen LogP contribution in [0.4, 0.5) is 16.4 Å². The maximum atomic E-state index is 12.0. The number of aromatic nitrogens is 2. The Balaban J connectivity index is 1.50. The molecule has 1 atom stereocenters. The van der Waals surface area contributed by atoms with Crippen LogP contribution in [0.3, 0.4) is 0 Å². The predicted molar refractivity (Wildman–Crippen MR) is 99.5 cm³/mol. The van der Waals surface area contributed by atoms with Gasteiger partial charge in [0, 0.05) is 12.1 Å². The van der Waals surface area contributed by atoms with Crippen molar-refractivity contribution in [3.8, 4) is 0 Å². The predicted octanol–water partition coefficient (Wildman–Crippen LogP) is 4.10. The topological polar surface area (TPSA) is 78.9 Å². The number of benzene rings is 1. The average molecular weight is 339 g/mol. The first-order valence-electron chi connectivity index (χ1n) is 8.93. The molecule has 3 N–H and O–H groups in total. The van der Waals surface area contributed by atoms with Gasteiger partial charge in [0.15, 0.2) is 5.82 Å². The molecule has 1 unspecified atom stereocenters. The van der Waals surface area contributed by atoms with Crippen molar-refractivity contribution in [2.45, 2.75) is 51.1 Å². The van der Waals surface area contributed by atoms with Crippen LogP contribution in [0.5, 0.6) is 0 Å². The Morgan fingerprint density at radius 3 is 2.36 bits per heavy atom. The third-order valence-corrected chi connectivity index (χ3v) is 4.51. The quantitative estimate of drug-likeness (QED) is 0.766. The number of nitrogens with one attached hydrogen (secondary N) is 3. The molecule has 0 spiro atoms. The van der Waals surface area contributed by atoms with E-state index < -0.39 is 0 Å². The van der Waals surface area contributed by atoms with Gasteiger partial charge in [0.2, 0.25) is 0 Å². The zero-order valence-corrected chi connectivity index (χ0v) is 14.5. The zero-order valence-electron chi connectivity index (χ0n) is 14.5. The van der Waals surface area contributed by atoms with Gasteiger partial charge in [-0.3, -0.25) is 5.32 Å². The van der Waals surface area contributed by atoms with Gasteiger partial charge in [-0.1, -0.05) is 49.6 Å². The van der Waals surface area contributed by atoms with E-state index in [1.807, 2.05) is 24.3 Å². The molecule has 3 rings (SSSR count). The number of carbonyl (C=O) groups is 1. The molecule has 1 aromatic heterocycles. The van der Waals surface area contributed by atoms with E-state index >= 15 is 0 Å². The lowest BCUT2D eigenvalue weighted by Gasteiger charge is -2.22. The van der Waals surface area contributed by atoms with Crippen LogP contribution in [0.15, 0.2) is 42.5 Å². The lowest BCUT2D eigenvalue weighted by molar-refractivity contribution is 0.244. The van der Waals surface area contributed by atoms with Crippen LogP contribution in [0, 0.1) is 0 Å². The van der Waals surface area contributed by atoms with Gasteiger partial charge in [0.1, 0.15) is 5.82 Å². The molecule has 1 heterocycles. The normalized spacial score (nSPS) is 16.0. The minimum atomic E-state index is -0.209. The highest BCUT2D eigenvalue weighted by Crippen LogP contribution is 2.18. The van der Waals surface area contributed by atoms with Gasteiger partial charge in [-0.15, -0.1) is 10.2 Å². The molecule has 0 saturated heterocycles. The van der Waals surface area contributed by atoms with E-state index in [0.29, 0.717) is 11.6 Å². The summed E-state index contributed by atoms with van der Waals surface area (Å²) in [5.41, 5.74) is 1.18. The second-order valence-electron chi connectivity index (χ2n) is 6.51. The first-order valence-corrected chi connectivity index (χ1v) is 8.93. The molecule has 2 aromatic rings. The summed E-state index contributed by atoms with van der Waals surface area (Å²) in [5, 5.41) is 17.3. The maximum Gasteiger partial charge on any atom is 0.320 e. The second-order valence-corrected chi connectivity index (χ2v) is 6.51. The van der Waals surface area contributed by atoms with Gasteiger partial charge in [-0.25, -0.2) is 4.79 Å². The summed E-state index contributed by atoms with van der Waals surface area (Å²) in [5.74, 6) is 1.13. The van der Waals surface area contributed by atoms with Crippen LogP contribution in [0.1, 0.15) is 50.6 Å². The molecule has 6 heteroatoms. The Labute approximate surface area is 148 Å². The van der Waals surface area contributed by atoms with Crippen LogP contribution in [0.2, 0.25) is 0 Å². The molecule has 1 aliphatic carbocycles. The van der Waals surface area contributed by atoms with E-state index in [9.17, 15) is 4.79 Å². The van der Waals surface area contributed by atoms with Gasteiger partial charge in [0.05, 0.1) is 0 Å². The molecular formula is C19H25N5O. The van der Waals surface area contributed by atoms with Crippen molar-refractivity contribution in [2.75, 3.05) is 10.6 Å². The number of hydrogen-bond donors (Lipinski definition) is 3. The van der Waals surface area contributed by atoms with Gasteiger partial charge in [-0.05, 0) is 37.5 Å². The number of hydrogen-bond acceptors (Lipinski definition) is 4. The zero-order chi connectivity index (χ0) is 17.5. The molecule has 0 aliphatic heterocycles. The molecule has 2 amide bonds. The number of nitrogens with zero attached hydrogens (tertiary/aromatic N) is 2. The van der Waals surface area contributed by atoms with E-state index in [4.69, 9.17) is 0 Å². The molecular weight excluding hydrogens is 314 g/mol. The average Bonchev–Trinajstić information content (AvgIpc) is 2.65. The smallest absolute Gasteiger partial charge is 0.320 e. The van der Waals surface area contributed by atoms with Crippen LogP contribution < -0.4 is 16.0 Å². The Kier molecular flexibility index (Phi) is 5.82. The highest BCUT2D eigenvalue weighted by Gasteiger charge is 2.16. The number of anilines is 2. The SMILES string of the molecule is CC(Nc1ccc(NC(=O)NC2CCCCC2)nn1)c1ccccc1.